The van der Waals surface area contributed by atoms with E-state index in [0.29, 0.717) is 0 Å². The molecule has 2 fully saturated rings. The molecular formula is C22H18N4O6. The Labute approximate surface area is 182 Å². The molecule has 0 bridgehead atoms. The number of ether oxygens (including phenoxy) is 1. The molecule has 0 spiro atoms. The van der Waals surface area contributed by atoms with Gasteiger partial charge >= 0.3 is 0 Å². The van der Waals surface area contributed by atoms with Crippen molar-refractivity contribution in [3.8, 4) is 5.75 Å². The number of hydrogen-bond donors (Lipinski definition) is 0. The van der Waals surface area contributed by atoms with Crippen molar-refractivity contribution in [2.45, 2.75) is 19.0 Å². The number of hydrazone groups is 1. The highest BCUT2D eigenvalue weighted by Gasteiger charge is 2.65. The zero-order chi connectivity index (χ0) is 22.7. The van der Waals surface area contributed by atoms with Crippen molar-refractivity contribution >= 4 is 35.2 Å². The Morgan fingerprint density at radius 1 is 1.12 bits per heavy atom. The van der Waals surface area contributed by atoms with Crippen LogP contribution in [0.25, 0.3) is 0 Å². The molecule has 3 aliphatic heterocycles. The van der Waals surface area contributed by atoms with Crippen molar-refractivity contribution in [3.05, 3.63) is 63.7 Å². The first-order valence-corrected chi connectivity index (χ1v) is 9.97. The predicted molar refractivity (Wildman–Crippen MR) is 112 cm³/mol. The number of ketones is 1. The average molecular weight is 434 g/mol. The molecule has 0 aromatic heterocycles. The Balaban J connectivity index is 1.66. The van der Waals surface area contributed by atoms with E-state index < -0.39 is 40.7 Å². The van der Waals surface area contributed by atoms with E-state index in [0.717, 1.165) is 22.1 Å². The largest absolute Gasteiger partial charge is 0.495 e. The number of anilines is 1. The summed E-state index contributed by atoms with van der Waals surface area (Å²) in [6.45, 7) is 1.37. The molecule has 32 heavy (non-hydrogen) atoms. The second-order valence-electron chi connectivity index (χ2n) is 7.93. The van der Waals surface area contributed by atoms with Gasteiger partial charge in [0.2, 0.25) is 11.8 Å². The maximum Gasteiger partial charge on any atom is 0.271 e. The van der Waals surface area contributed by atoms with Gasteiger partial charge < -0.3 is 4.74 Å². The van der Waals surface area contributed by atoms with Gasteiger partial charge in [0, 0.05) is 12.1 Å². The van der Waals surface area contributed by atoms with E-state index in [1.54, 1.807) is 11.2 Å². The van der Waals surface area contributed by atoms with Crippen molar-refractivity contribution in [2.75, 3.05) is 12.0 Å². The number of imide groups is 1. The minimum Gasteiger partial charge on any atom is -0.495 e. The monoisotopic (exact) mass is 434 g/mol. The third-order valence-corrected chi connectivity index (χ3v) is 6.32. The van der Waals surface area contributed by atoms with Gasteiger partial charge in [-0.25, -0.2) is 4.90 Å². The quantitative estimate of drug-likeness (QED) is 0.410. The molecule has 0 unspecified atom stereocenters. The number of carbonyl (C=O) groups is 3. The van der Waals surface area contributed by atoms with Crippen LogP contribution in [0.5, 0.6) is 5.75 Å². The first-order chi connectivity index (χ1) is 15.3. The molecule has 2 aromatic rings. The summed E-state index contributed by atoms with van der Waals surface area (Å²) in [5.74, 6) is -3.09. The van der Waals surface area contributed by atoms with Gasteiger partial charge in [-0.3, -0.25) is 29.5 Å². The molecule has 0 N–H and O–H groups in total. The summed E-state index contributed by atoms with van der Waals surface area (Å²) in [7, 11) is 1.35. The molecule has 4 atom stereocenters. The van der Waals surface area contributed by atoms with E-state index in [4.69, 9.17) is 4.74 Å². The lowest BCUT2D eigenvalue weighted by molar-refractivity contribution is -0.384. The molecule has 0 aliphatic carbocycles. The molecule has 2 amide bonds. The van der Waals surface area contributed by atoms with Crippen molar-refractivity contribution in [3.63, 3.8) is 0 Å². The van der Waals surface area contributed by atoms with Crippen LogP contribution in [0.3, 0.4) is 0 Å². The van der Waals surface area contributed by atoms with Gasteiger partial charge in [-0.05, 0) is 24.1 Å². The fourth-order valence-electron chi connectivity index (χ4n) is 5.03. The highest BCUT2D eigenvalue weighted by Crippen LogP contribution is 2.53. The zero-order valence-electron chi connectivity index (χ0n) is 17.2. The van der Waals surface area contributed by atoms with E-state index in [9.17, 15) is 24.5 Å². The maximum absolute atomic E-state index is 13.7. The Bertz CT molecular complexity index is 1220. The molecule has 10 nitrogen and oxygen atoms in total. The van der Waals surface area contributed by atoms with Gasteiger partial charge in [0.05, 0.1) is 36.1 Å². The number of rotatable bonds is 4. The van der Waals surface area contributed by atoms with Crippen LogP contribution in [-0.2, 0) is 14.4 Å². The molecular weight excluding hydrogens is 416 g/mol. The van der Waals surface area contributed by atoms with Gasteiger partial charge in [-0.2, -0.15) is 5.10 Å². The molecule has 10 heteroatoms. The topological polar surface area (TPSA) is 122 Å². The maximum atomic E-state index is 13.7. The molecule has 5 rings (SSSR count). The number of nitrogens with zero attached hydrogens (tertiary/aromatic N) is 4. The SMILES string of the molecule is COc1ccc([N+](=O)[O-])cc1N1C(=O)[C@@H]2[C@H](C1=O)[C@H]1c3ccccc3C=NN1[C@H]2C(C)=O. The van der Waals surface area contributed by atoms with Crippen LogP contribution in [0, 0.1) is 22.0 Å². The molecule has 0 saturated carbocycles. The lowest BCUT2D eigenvalue weighted by Crippen LogP contribution is -2.44. The van der Waals surface area contributed by atoms with Crippen LogP contribution in [0.15, 0.2) is 47.6 Å². The molecule has 2 saturated heterocycles. The Morgan fingerprint density at radius 3 is 2.53 bits per heavy atom. The second kappa shape index (κ2) is 6.98. The number of benzene rings is 2. The summed E-state index contributed by atoms with van der Waals surface area (Å²) in [5, 5.41) is 17.3. The van der Waals surface area contributed by atoms with Gasteiger partial charge in [0.1, 0.15) is 17.5 Å². The van der Waals surface area contributed by atoms with Crippen molar-refractivity contribution in [1.82, 2.24) is 5.01 Å². The second-order valence-corrected chi connectivity index (χ2v) is 7.93. The summed E-state index contributed by atoms with van der Waals surface area (Å²) in [6, 6.07) is 9.59. The van der Waals surface area contributed by atoms with Gasteiger partial charge in [-0.15, -0.1) is 0 Å². The number of methoxy groups -OCH3 is 1. The van der Waals surface area contributed by atoms with Crippen molar-refractivity contribution < 1.29 is 24.0 Å². The average Bonchev–Trinajstić information content (AvgIpc) is 3.26. The van der Waals surface area contributed by atoms with Crippen LogP contribution in [0.2, 0.25) is 0 Å². The Kier molecular flexibility index (Phi) is 4.33. The third-order valence-electron chi connectivity index (χ3n) is 6.32. The number of nitro groups is 1. The van der Waals surface area contributed by atoms with Crippen LogP contribution >= 0.6 is 0 Å². The molecule has 0 radical (unpaired) electrons. The molecule has 162 valence electrons. The zero-order valence-corrected chi connectivity index (χ0v) is 17.2. The predicted octanol–water partition coefficient (Wildman–Crippen LogP) is 2.07. The molecule has 2 aromatic carbocycles. The number of carbonyl (C=O) groups excluding carboxylic acids is 3. The van der Waals surface area contributed by atoms with E-state index in [1.807, 2.05) is 24.3 Å². The fraction of sp³-hybridized carbons (Fsp3) is 0.273. The minimum absolute atomic E-state index is 0.00690. The van der Waals surface area contributed by atoms with E-state index >= 15 is 0 Å². The number of fused-ring (bicyclic) bond motifs is 5. The number of nitro benzene ring substituents is 1. The van der Waals surface area contributed by atoms with E-state index in [1.165, 1.54) is 26.2 Å². The van der Waals surface area contributed by atoms with E-state index in [-0.39, 0.29) is 22.9 Å². The summed E-state index contributed by atoms with van der Waals surface area (Å²) >= 11 is 0. The van der Waals surface area contributed by atoms with Crippen LogP contribution in [-0.4, -0.2) is 46.9 Å². The number of Topliss-reactive ketones (excluding diaryl/α,β-unsaturated/α-hetero) is 1. The van der Waals surface area contributed by atoms with Crippen LogP contribution in [0.1, 0.15) is 24.1 Å². The number of non-ortho nitro benzene ring substituents is 1. The van der Waals surface area contributed by atoms with Crippen molar-refractivity contribution in [2.24, 2.45) is 16.9 Å². The smallest absolute Gasteiger partial charge is 0.271 e. The van der Waals surface area contributed by atoms with Crippen LogP contribution in [0.4, 0.5) is 11.4 Å². The summed E-state index contributed by atoms with van der Waals surface area (Å²) in [5.41, 5.74) is 1.32. The lowest BCUT2D eigenvalue weighted by Gasteiger charge is -2.33. The molecule has 3 heterocycles. The highest BCUT2D eigenvalue weighted by atomic mass is 16.6. The highest BCUT2D eigenvalue weighted by molar-refractivity contribution is 6.24. The van der Waals surface area contributed by atoms with Crippen molar-refractivity contribution in [1.29, 1.82) is 0 Å². The number of amides is 2. The first-order valence-electron chi connectivity index (χ1n) is 9.97. The van der Waals surface area contributed by atoms with Crippen LogP contribution < -0.4 is 9.64 Å². The summed E-state index contributed by atoms with van der Waals surface area (Å²) in [6.07, 6.45) is 1.62. The summed E-state index contributed by atoms with van der Waals surface area (Å²) < 4.78 is 5.28. The minimum atomic E-state index is -0.961. The Morgan fingerprint density at radius 2 is 1.84 bits per heavy atom. The van der Waals surface area contributed by atoms with Gasteiger partial charge in [0.15, 0.2) is 5.78 Å². The van der Waals surface area contributed by atoms with Gasteiger partial charge in [-0.1, -0.05) is 24.3 Å². The fourth-order valence-corrected chi connectivity index (χ4v) is 5.03. The standard InChI is InChI=1S/C22H18N4O6/c1-11(27)19-17-18(20-14-6-4-3-5-12(14)10-23-25(19)20)22(29)24(21(17)28)15-9-13(26(30)31)7-8-16(15)32-2/h3-10,17-20H,1-2H3/t17-,18+,19+,20-/m1/s1. The van der Waals surface area contributed by atoms with Gasteiger partial charge in [0.25, 0.3) is 5.69 Å². The Hall–Kier alpha value is -4.08. The van der Waals surface area contributed by atoms with E-state index in [2.05, 4.69) is 5.10 Å². The normalized spacial score (nSPS) is 25.4. The summed E-state index contributed by atoms with van der Waals surface area (Å²) in [4.78, 5) is 51.5. The lowest BCUT2D eigenvalue weighted by atomic mass is 9.84. The number of hydrogen-bond acceptors (Lipinski definition) is 8. The molecule has 3 aliphatic rings. The first kappa shape index (κ1) is 19.9. The third kappa shape index (κ3) is 2.58.